The molecule has 1 aromatic heterocycles. The Bertz CT molecular complexity index is 670. The van der Waals surface area contributed by atoms with Crippen molar-refractivity contribution in [3.8, 4) is 0 Å². The monoisotopic (exact) mass is 310 g/mol. The molecule has 2 N–H and O–H groups in total. The number of anilines is 2. The van der Waals surface area contributed by atoms with Crippen LogP contribution >= 0.6 is 0 Å². The predicted octanol–water partition coefficient (Wildman–Crippen LogP) is 1.69. The molecule has 2 aliphatic rings. The van der Waals surface area contributed by atoms with E-state index in [-0.39, 0.29) is 11.5 Å². The van der Waals surface area contributed by atoms with Gasteiger partial charge in [-0.05, 0) is 33.1 Å². The number of nitrogens with zero attached hydrogens (tertiary/aromatic N) is 2. The van der Waals surface area contributed by atoms with Gasteiger partial charge in [-0.25, -0.2) is 18.4 Å². The van der Waals surface area contributed by atoms with Gasteiger partial charge < -0.3 is 10.6 Å². The smallest absolute Gasteiger partial charge is 0.152 e. The van der Waals surface area contributed by atoms with E-state index >= 15 is 0 Å². The summed E-state index contributed by atoms with van der Waals surface area (Å²) >= 11 is 0. The van der Waals surface area contributed by atoms with E-state index in [0.717, 1.165) is 35.9 Å². The third kappa shape index (κ3) is 2.97. The van der Waals surface area contributed by atoms with Crippen molar-refractivity contribution in [3.05, 3.63) is 11.4 Å². The Kier molecular flexibility index (Phi) is 3.35. The van der Waals surface area contributed by atoms with Gasteiger partial charge in [0.2, 0.25) is 0 Å². The molecule has 7 heteroatoms. The summed E-state index contributed by atoms with van der Waals surface area (Å²) in [5.74, 6) is 3.30. The minimum atomic E-state index is -2.94. The molecule has 0 amide bonds. The zero-order chi connectivity index (χ0) is 15.3. The summed E-state index contributed by atoms with van der Waals surface area (Å²) in [6.45, 7) is 3.91. The van der Waals surface area contributed by atoms with Gasteiger partial charge in [0.15, 0.2) is 9.84 Å². The molecule has 0 bridgehead atoms. The lowest BCUT2D eigenvalue weighted by molar-refractivity contribution is 0.570. The number of hydrogen-bond acceptors (Lipinski definition) is 6. The molecule has 0 radical (unpaired) electrons. The van der Waals surface area contributed by atoms with Crippen molar-refractivity contribution in [3.63, 3.8) is 0 Å². The van der Waals surface area contributed by atoms with Crippen molar-refractivity contribution < 1.29 is 8.42 Å². The van der Waals surface area contributed by atoms with Crippen LogP contribution in [0.5, 0.6) is 0 Å². The molecule has 1 aliphatic heterocycles. The lowest BCUT2D eigenvalue weighted by Crippen LogP contribution is -2.36. The maximum Gasteiger partial charge on any atom is 0.152 e. The number of sulfone groups is 1. The Morgan fingerprint density at radius 2 is 1.90 bits per heavy atom. The molecule has 2 fully saturated rings. The van der Waals surface area contributed by atoms with E-state index in [0.29, 0.717) is 12.3 Å². The van der Waals surface area contributed by atoms with Gasteiger partial charge in [0.1, 0.15) is 17.5 Å². The molecule has 0 aromatic carbocycles. The third-order valence-electron chi connectivity index (χ3n) is 4.27. The van der Waals surface area contributed by atoms with Crippen molar-refractivity contribution in [2.75, 3.05) is 29.2 Å². The van der Waals surface area contributed by atoms with Crippen LogP contribution in [0.15, 0.2) is 0 Å². The largest absolute Gasteiger partial charge is 0.373 e. The van der Waals surface area contributed by atoms with Crippen molar-refractivity contribution in [2.45, 2.75) is 44.6 Å². The molecule has 0 spiro atoms. The summed E-state index contributed by atoms with van der Waals surface area (Å²) < 4.78 is 23.5. The molecule has 1 aliphatic carbocycles. The van der Waals surface area contributed by atoms with E-state index in [1.54, 1.807) is 0 Å². The number of rotatable bonds is 4. The van der Waals surface area contributed by atoms with Crippen LogP contribution in [-0.4, -0.2) is 42.5 Å². The van der Waals surface area contributed by atoms with Crippen LogP contribution in [0.4, 0.5) is 11.6 Å². The Morgan fingerprint density at radius 1 is 1.24 bits per heavy atom. The molecular formula is C14H22N4O2S. The van der Waals surface area contributed by atoms with E-state index in [2.05, 4.69) is 20.6 Å². The average Bonchev–Trinajstić information content (AvgIpc) is 3.19. The van der Waals surface area contributed by atoms with Gasteiger partial charge in [0, 0.05) is 18.5 Å². The topological polar surface area (TPSA) is 84.0 Å². The van der Waals surface area contributed by atoms with E-state index in [1.807, 2.05) is 20.9 Å². The van der Waals surface area contributed by atoms with Crippen LogP contribution in [0.1, 0.15) is 43.5 Å². The first-order valence-corrected chi connectivity index (χ1v) is 9.19. The first-order valence-electron chi connectivity index (χ1n) is 7.37. The van der Waals surface area contributed by atoms with Crippen LogP contribution in [0.2, 0.25) is 0 Å². The quantitative estimate of drug-likeness (QED) is 0.880. The SMILES string of the molecule is CNc1nc(C2CC2)nc(NC2(C)CCS(=O)(=O)C2)c1C. The molecule has 1 unspecified atom stereocenters. The second kappa shape index (κ2) is 4.83. The van der Waals surface area contributed by atoms with E-state index < -0.39 is 15.4 Å². The fourth-order valence-electron chi connectivity index (χ4n) is 2.82. The molecule has 2 heterocycles. The molecular weight excluding hydrogens is 288 g/mol. The fraction of sp³-hybridized carbons (Fsp3) is 0.714. The maximum absolute atomic E-state index is 11.7. The van der Waals surface area contributed by atoms with Gasteiger partial charge in [-0.1, -0.05) is 0 Å². The Morgan fingerprint density at radius 3 is 2.43 bits per heavy atom. The van der Waals surface area contributed by atoms with Gasteiger partial charge in [-0.15, -0.1) is 0 Å². The van der Waals surface area contributed by atoms with Crippen molar-refractivity contribution in [1.82, 2.24) is 9.97 Å². The van der Waals surface area contributed by atoms with Crippen molar-refractivity contribution >= 4 is 21.5 Å². The minimum Gasteiger partial charge on any atom is -0.373 e. The van der Waals surface area contributed by atoms with Crippen LogP contribution in [0.3, 0.4) is 0 Å². The normalized spacial score (nSPS) is 27.6. The second-order valence-electron chi connectivity index (χ2n) is 6.46. The van der Waals surface area contributed by atoms with E-state index in [4.69, 9.17) is 0 Å². The molecule has 116 valence electrons. The highest BCUT2D eigenvalue weighted by Gasteiger charge is 2.39. The summed E-state index contributed by atoms with van der Waals surface area (Å²) in [5, 5.41) is 6.47. The molecule has 1 aromatic rings. The van der Waals surface area contributed by atoms with Crippen LogP contribution in [0.25, 0.3) is 0 Å². The van der Waals surface area contributed by atoms with Gasteiger partial charge in [-0.2, -0.15) is 0 Å². The van der Waals surface area contributed by atoms with E-state index in [1.165, 1.54) is 0 Å². The summed E-state index contributed by atoms with van der Waals surface area (Å²) in [5.41, 5.74) is 0.497. The number of nitrogens with one attached hydrogen (secondary N) is 2. The average molecular weight is 310 g/mol. The van der Waals surface area contributed by atoms with E-state index in [9.17, 15) is 8.42 Å². The lowest BCUT2D eigenvalue weighted by atomic mass is 10.0. The highest BCUT2D eigenvalue weighted by atomic mass is 32.2. The predicted molar refractivity (Wildman–Crippen MR) is 83.6 cm³/mol. The molecule has 6 nitrogen and oxygen atoms in total. The van der Waals surface area contributed by atoms with Gasteiger partial charge in [0.25, 0.3) is 0 Å². The highest BCUT2D eigenvalue weighted by Crippen LogP contribution is 2.40. The molecule has 1 saturated carbocycles. The molecule has 3 rings (SSSR count). The molecule has 1 saturated heterocycles. The Hall–Kier alpha value is -1.37. The van der Waals surface area contributed by atoms with Crippen LogP contribution in [0, 0.1) is 6.92 Å². The first-order chi connectivity index (χ1) is 9.82. The summed E-state index contributed by atoms with van der Waals surface area (Å²) in [7, 11) is -1.09. The fourth-order valence-corrected chi connectivity index (χ4v) is 4.91. The van der Waals surface area contributed by atoms with Crippen LogP contribution in [-0.2, 0) is 9.84 Å². The van der Waals surface area contributed by atoms with Gasteiger partial charge >= 0.3 is 0 Å². The first kappa shape index (κ1) is 14.6. The standard InChI is InChI=1S/C14H22N4O2S/c1-9-11(15-3)16-13(10-4-5-10)17-12(9)18-14(2)6-7-21(19,20)8-14/h10H,4-8H2,1-3H3,(H2,15,16,17,18). The number of hydrogen-bond donors (Lipinski definition) is 2. The van der Waals surface area contributed by atoms with Crippen molar-refractivity contribution in [2.24, 2.45) is 0 Å². The maximum atomic E-state index is 11.7. The lowest BCUT2D eigenvalue weighted by Gasteiger charge is -2.26. The van der Waals surface area contributed by atoms with Crippen molar-refractivity contribution in [1.29, 1.82) is 0 Å². The summed E-state index contributed by atoms with van der Waals surface area (Å²) in [6, 6.07) is 0. The second-order valence-corrected chi connectivity index (χ2v) is 8.64. The highest BCUT2D eigenvalue weighted by molar-refractivity contribution is 7.91. The zero-order valence-electron chi connectivity index (χ0n) is 12.7. The zero-order valence-corrected chi connectivity index (χ0v) is 13.5. The van der Waals surface area contributed by atoms with Gasteiger partial charge in [0.05, 0.1) is 17.0 Å². The summed E-state index contributed by atoms with van der Waals surface area (Å²) in [4.78, 5) is 9.20. The molecule has 1 atom stereocenters. The Labute approximate surface area is 125 Å². The number of aromatic nitrogens is 2. The Balaban J connectivity index is 1.92. The van der Waals surface area contributed by atoms with Gasteiger partial charge in [-0.3, -0.25) is 0 Å². The molecule has 21 heavy (non-hydrogen) atoms. The minimum absolute atomic E-state index is 0.164. The third-order valence-corrected chi connectivity index (χ3v) is 6.17. The van der Waals surface area contributed by atoms with Crippen LogP contribution < -0.4 is 10.6 Å². The summed E-state index contributed by atoms with van der Waals surface area (Å²) in [6.07, 6.45) is 2.89.